The molecule has 2 saturated heterocycles. The molecule has 3 amide bonds. The number of nitrogens with one attached hydrogen (secondary N) is 1. The number of carbonyl (C=O) groups excluding carboxylic acids is 3. The Balaban J connectivity index is 1.38. The Bertz CT molecular complexity index is 1000. The lowest BCUT2D eigenvalue weighted by Crippen LogP contribution is -2.59. The van der Waals surface area contributed by atoms with Gasteiger partial charge in [0.25, 0.3) is 5.91 Å². The molecule has 0 aliphatic carbocycles. The highest BCUT2D eigenvalue weighted by atomic mass is 79.9. The number of ether oxygens (including phenoxy) is 1. The molecular formula is C24H27BrN4O4. The van der Waals surface area contributed by atoms with Gasteiger partial charge in [0, 0.05) is 55.0 Å². The first-order valence-electron chi connectivity index (χ1n) is 11.0. The van der Waals surface area contributed by atoms with E-state index in [0.29, 0.717) is 44.8 Å². The number of methoxy groups -OCH3 is 1. The van der Waals surface area contributed by atoms with E-state index in [9.17, 15) is 14.4 Å². The lowest BCUT2D eigenvalue weighted by molar-refractivity contribution is -0.138. The van der Waals surface area contributed by atoms with Crippen molar-refractivity contribution < 1.29 is 19.1 Å². The summed E-state index contributed by atoms with van der Waals surface area (Å²) >= 11 is 3.37. The van der Waals surface area contributed by atoms with Crippen LogP contribution in [0.5, 0.6) is 5.75 Å². The van der Waals surface area contributed by atoms with E-state index in [1.165, 1.54) is 4.90 Å². The molecule has 1 atom stereocenters. The normalized spacial score (nSPS) is 18.7. The number of hydrogen-bond donors (Lipinski definition) is 1. The van der Waals surface area contributed by atoms with E-state index in [1.54, 1.807) is 36.3 Å². The first kappa shape index (κ1) is 23.1. The van der Waals surface area contributed by atoms with E-state index in [-0.39, 0.29) is 24.1 Å². The summed E-state index contributed by atoms with van der Waals surface area (Å²) in [5.41, 5.74) is 1.58. The highest BCUT2D eigenvalue weighted by molar-refractivity contribution is 9.10. The van der Waals surface area contributed by atoms with Gasteiger partial charge in [-0.3, -0.25) is 14.4 Å². The van der Waals surface area contributed by atoms with Crippen LogP contribution in [-0.2, 0) is 9.59 Å². The van der Waals surface area contributed by atoms with Crippen molar-refractivity contribution in [2.24, 2.45) is 0 Å². The van der Waals surface area contributed by atoms with Gasteiger partial charge in [-0.1, -0.05) is 15.9 Å². The van der Waals surface area contributed by atoms with Crippen molar-refractivity contribution in [1.29, 1.82) is 0 Å². The molecule has 0 saturated carbocycles. The fourth-order valence-electron chi connectivity index (χ4n) is 4.22. The van der Waals surface area contributed by atoms with Crippen molar-refractivity contribution in [1.82, 2.24) is 15.1 Å². The van der Waals surface area contributed by atoms with Crippen LogP contribution in [0, 0.1) is 0 Å². The lowest BCUT2D eigenvalue weighted by atomic mass is 10.1. The Labute approximate surface area is 201 Å². The summed E-state index contributed by atoms with van der Waals surface area (Å²) in [6.45, 7) is 3.31. The molecule has 2 fully saturated rings. The van der Waals surface area contributed by atoms with Crippen molar-refractivity contribution in [3.63, 3.8) is 0 Å². The minimum atomic E-state index is -0.804. The molecule has 174 valence electrons. The molecule has 8 nitrogen and oxygen atoms in total. The lowest BCUT2D eigenvalue weighted by Gasteiger charge is -2.39. The molecule has 9 heteroatoms. The third-order valence-electron chi connectivity index (χ3n) is 6.12. The van der Waals surface area contributed by atoms with Crippen LogP contribution in [0.4, 0.5) is 5.69 Å². The van der Waals surface area contributed by atoms with E-state index >= 15 is 0 Å². The third-order valence-corrected chi connectivity index (χ3v) is 6.65. The van der Waals surface area contributed by atoms with Crippen LogP contribution in [0.1, 0.15) is 16.8 Å². The fraction of sp³-hybridized carbons (Fsp3) is 0.375. The van der Waals surface area contributed by atoms with Crippen LogP contribution in [0.15, 0.2) is 53.0 Å². The molecule has 2 aliphatic heterocycles. The van der Waals surface area contributed by atoms with Crippen molar-refractivity contribution in [2.45, 2.75) is 12.5 Å². The predicted octanol–water partition coefficient (Wildman–Crippen LogP) is 2.14. The summed E-state index contributed by atoms with van der Waals surface area (Å²) in [6.07, 6.45) is -0.0172. The highest BCUT2D eigenvalue weighted by Crippen LogP contribution is 2.22. The number of nitrogens with zero attached hydrogens (tertiary/aromatic N) is 3. The molecule has 4 rings (SSSR count). The second-order valence-corrected chi connectivity index (χ2v) is 9.00. The Morgan fingerprint density at radius 2 is 1.67 bits per heavy atom. The zero-order valence-electron chi connectivity index (χ0n) is 18.5. The minimum Gasteiger partial charge on any atom is -0.497 e. The second-order valence-electron chi connectivity index (χ2n) is 8.08. The van der Waals surface area contributed by atoms with Crippen LogP contribution in [-0.4, -0.2) is 79.9 Å². The fourth-order valence-corrected chi connectivity index (χ4v) is 4.48. The van der Waals surface area contributed by atoms with Gasteiger partial charge in [-0.2, -0.15) is 0 Å². The maximum Gasteiger partial charge on any atom is 0.254 e. The number of anilines is 1. The quantitative estimate of drug-likeness (QED) is 0.660. The summed E-state index contributed by atoms with van der Waals surface area (Å²) in [7, 11) is 1.64. The van der Waals surface area contributed by atoms with Gasteiger partial charge < -0.3 is 24.8 Å². The van der Waals surface area contributed by atoms with E-state index in [1.807, 2.05) is 24.3 Å². The van der Waals surface area contributed by atoms with Gasteiger partial charge >= 0.3 is 0 Å². The summed E-state index contributed by atoms with van der Waals surface area (Å²) in [6, 6.07) is 14.1. The number of rotatable bonds is 5. The van der Waals surface area contributed by atoms with Crippen LogP contribution in [0.25, 0.3) is 0 Å². The molecule has 2 aliphatic rings. The van der Waals surface area contributed by atoms with Crippen molar-refractivity contribution in [3.05, 3.63) is 58.6 Å². The van der Waals surface area contributed by atoms with E-state index < -0.39 is 6.04 Å². The van der Waals surface area contributed by atoms with Gasteiger partial charge in [0.15, 0.2) is 0 Å². The maximum atomic E-state index is 13.1. The largest absolute Gasteiger partial charge is 0.497 e. The van der Waals surface area contributed by atoms with Crippen LogP contribution in [0.2, 0.25) is 0 Å². The third kappa shape index (κ3) is 5.30. The molecule has 1 N–H and O–H groups in total. The Hall–Kier alpha value is -3.07. The predicted molar refractivity (Wildman–Crippen MR) is 128 cm³/mol. The van der Waals surface area contributed by atoms with E-state index in [2.05, 4.69) is 26.1 Å². The summed E-state index contributed by atoms with van der Waals surface area (Å²) in [4.78, 5) is 44.2. The molecule has 0 unspecified atom stereocenters. The van der Waals surface area contributed by atoms with Crippen molar-refractivity contribution in [2.75, 3.05) is 51.3 Å². The zero-order valence-corrected chi connectivity index (χ0v) is 20.1. The SMILES string of the molecule is COc1ccc(N2CCN(C(=O)C[C@@H]3C(=O)NCCN3C(=O)c3ccc(Br)cc3)CC2)cc1. The van der Waals surface area contributed by atoms with Crippen LogP contribution >= 0.6 is 15.9 Å². The van der Waals surface area contributed by atoms with Gasteiger partial charge in [0.2, 0.25) is 11.8 Å². The van der Waals surface area contributed by atoms with Gasteiger partial charge in [-0.05, 0) is 48.5 Å². The molecule has 2 aromatic carbocycles. The first-order chi connectivity index (χ1) is 16.0. The average molecular weight is 515 g/mol. The Morgan fingerprint density at radius 3 is 2.30 bits per heavy atom. The number of piperazine rings is 2. The molecule has 0 radical (unpaired) electrons. The molecule has 33 heavy (non-hydrogen) atoms. The van der Waals surface area contributed by atoms with Gasteiger partial charge in [0.1, 0.15) is 11.8 Å². The molecule has 0 bridgehead atoms. The second kappa shape index (κ2) is 10.2. The molecule has 0 aromatic heterocycles. The average Bonchev–Trinajstić information content (AvgIpc) is 2.85. The van der Waals surface area contributed by atoms with E-state index in [0.717, 1.165) is 15.9 Å². The Kier molecular flexibility index (Phi) is 7.17. The minimum absolute atomic E-state index is 0.0172. The van der Waals surface area contributed by atoms with Crippen LogP contribution in [0.3, 0.4) is 0 Å². The first-order valence-corrected chi connectivity index (χ1v) is 11.8. The van der Waals surface area contributed by atoms with Gasteiger partial charge in [-0.15, -0.1) is 0 Å². The maximum absolute atomic E-state index is 13.1. The monoisotopic (exact) mass is 514 g/mol. The summed E-state index contributed by atoms with van der Waals surface area (Å²) < 4.78 is 6.08. The number of benzene rings is 2. The number of hydrogen-bond acceptors (Lipinski definition) is 5. The smallest absolute Gasteiger partial charge is 0.254 e. The van der Waals surface area contributed by atoms with Gasteiger partial charge in [0.05, 0.1) is 13.5 Å². The molecule has 0 spiro atoms. The van der Waals surface area contributed by atoms with Crippen molar-refractivity contribution >= 4 is 39.3 Å². The highest BCUT2D eigenvalue weighted by Gasteiger charge is 2.36. The number of carbonyl (C=O) groups is 3. The molecule has 2 aromatic rings. The Morgan fingerprint density at radius 1 is 1.00 bits per heavy atom. The zero-order chi connectivity index (χ0) is 23.4. The topological polar surface area (TPSA) is 82.2 Å². The summed E-state index contributed by atoms with van der Waals surface area (Å²) in [5, 5.41) is 2.79. The van der Waals surface area contributed by atoms with E-state index in [4.69, 9.17) is 4.74 Å². The van der Waals surface area contributed by atoms with Crippen molar-refractivity contribution in [3.8, 4) is 5.75 Å². The molecule has 2 heterocycles. The summed E-state index contributed by atoms with van der Waals surface area (Å²) in [5.74, 6) is 0.178. The number of halogens is 1. The molecular weight excluding hydrogens is 488 g/mol. The standard InChI is InChI=1S/C24H27BrN4O4/c1-33-20-8-6-19(7-9-20)27-12-14-28(15-13-27)22(30)16-21-23(31)26-10-11-29(21)24(32)17-2-4-18(25)5-3-17/h2-9,21H,10-16H2,1H3,(H,26,31)/t21-/m1/s1. The van der Waals surface area contributed by atoms with Gasteiger partial charge in [-0.25, -0.2) is 0 Å². The van der Waals surface area contributed by atoms with Crippen LogP contribution < -0.4 is 15.0 Å². The number of amides is 3.